The third kappa shape index (κ3) is 3.53. The number of piperazine rings is 1. The second-order valence-corrected chi connectivity index (χ2v) is 6.31. The first-order valence-electron chi connectivity index (χ1n) is 7.11. The zero-order valence-corrected chi connectivity index (χ0v) is 12.6. The maximum atomic E-state index is 4.60. The van der Waals surface area contributed by atoms with Gasteiger partial charge < -0.3 is 5.32 Å². The van der Waals surface area contributed by atoms with Gasteiger partial charge in [-0.3, -0.25) is 4.90 Å². The molecule has 18 heavy (non-hydrogen) atoms. The molecule has 1 aliphatic rings. The zero-order chi connectivity index (χ0) is 13.0. The van der Waals surface area contributed by atoms with Crippen LogP contribution in [-0.2, 0) is 6.54 Å². The van der Waals surface area contributed by atoms with E-state index in [1.54, 1.807) is 11.3 Å². The van der Waals surface area contributed by atoms with E-state index >= 15 is 0 Å². The summed E-state index contributed by atoms with van der Waals surface area (Å²) in [7, 11) is 0. The maximum absolute atomic E-state index is 4.60. The summed E-state index contributed by atoms with van der Waals surface area (Å²) >= 11 is 1.76. The topological polar surface area (TPSA) is 28.2 Å². The first-order valence-corrected chi connectivity index (χ1v) is 7.99. The van der Waals surface area contributed by atoms with E-state index in [9.17, 15) is 0 Å². The highest BCUT2D eigenvalue weighted by Gasteiger charge is 2.26. The predicted molar refractivity (Wildman–Crippen MR) is 78.0 cm³/mol. The largest absolute Gasteiger partial charge is 0.311 e. The second-order valence-electron chi connectivity index (χ2n) is 5.24. The molecular weight excluding hydrogens is 242 g/mol. The van der Waals surface area contributed by atoms with Crippen molar-refractivity contribution in [2.24, 2.45) is 0 Å². The van der Waals surface area contributed by atoms with Gasteiger partial charge in [0.25, 0.3) is 0 Å². The van der Waals surface area contributed by atoms with Crippen LogP contribution in [0.3, 0.4) is 0 Å². The quantitative estimate of drug-likeness (QED) is 0.889. The summed E-state index contributed by atoms with van der Waals surface area (Å²) in [4.78, 5) is 7.22. The average molecular weight is 267 g/mol. The molecule has 4 heteroatoms. The van der Waals surface area contributed by atoms with Gasteiger partial charge in [-0.15, -0.1) is 11.3 Å². The molecule has 2 atom stereocenters. The molecule has 3 nitrogen and oxygen atoms in total. The van der Waals surface area contributed by atoms with Gasteiger partial charge in [-0.1, -0.05) is 20.3 Å². The molecule has 0 aliphatic carbocycles. The number of hydrogen-bond acceptors (Lipinski definition) is 4. The number of aromatic nitrogens is 1. The molecule has 0 spiro atoms. The molecule has 102 valence electrons. The summed E-state index contributed by atoms with van der Waals surface area (Å²) in [6.07, 6.45) is 3.76. The number of hydrogen-bond donors (Lipinski definition) is 1. The van der Waals surface area contributed by atoms with Gasteiger partial charge in [0.05, 0.1) is 10.7 Å². The number of nitrogens with one attached hydrogen (secondary N) is 1. The van der Waals surface area contributed by atoms with Crippen LogP contribution in [0, 0.1) is 6.92 Å². The van der Waals surface area contributed by atoms with Crippen LogP contribution in [0.5, 0.6) is 0 Å². The zero-order valence-electron chi connectivity index (χ0n) is 11.8. The maximum Gasteiger partial charge on any atom is 0.0897 e. The Labute approximate surface area is 115 Å². The third-order valence-electron chi connectivity index (χ3n) is 3.75. The number of thiazole rings is 1. The molecule has 1 aliphatic heterocycles. The van der Waals surface area contributed by atoms with Gasteiger partial charge in [-0.2, -0.15) is 0 Å². The Balaban J connectivity index is 1.97. The summed E-state index contributed by atoms with van der Waals surface area (Å²) in [5.74, 6) is 0. The first-order chi connectivity index (χ1) is 8.72. The molecule has 0 aromatic carbocycles. The molecule has 1 aromatic rings. The summed E-state index contributed by atoms with van der Waals surface area (Å²) in [6, 6.07) is 1.33. The van der Waals surface area contributed by atoms with Gasteiger partial charge in [0, 0.05) is 37.1 Å². The van der Waals surface area contributed by atoms with Crippen LogP contribution in [0.15, 0.2) is 5.38 Å². The van der Waals surface area contributed by atoms with E-state index in [1.807, 2.05) is 0 Å². The lowest BCUT2D eigenvalue weighted by Crippen LogP contribution is -2.55. The molecule has 0 radical (unpaired) electrons. The Morgan fingerprint density at radius 1 is 1.50 bits per heavy atom. The normalized spacial score (nSPS) is 25.5. The molecule has 1 N–H and O–H groups in total. The highest BCUT2D eigenvalue weighted by atomic mass is 32.1. The van der Waals surface area contributed by atoms with Gasteiger partial charge in [-0.25, -0.2) is 4.98 Å². The van der Waals surface area contributed by atoms with Crippen LogP contribution in [0.25, 0.3) is 0 Å². The van der Waals surface area contributed by atoms with E-state index in [-0.39, 0.29) is 0 Å². The van der Waals surface area contributed by atoms with E-state index in [2.05, 4.69) is 41.4 Å². The van der Waals surface area contributed by atoms with Crippen LogP contribution in [0.1, 0.15) is 43.8 Å². The van der Waals surface area contributed by atoms with Crippen molar-refractivity contribution in [2.45, 2.75) is 58.7 Å². The molecular formula is C14H25N3S. The Morgan fingerprint density at radius 2 is 2.33 bits per heavy atom. The molecule has 2 heterocycles. The third-order valence-corrected chi connectivity index (χ3v) is 4.58. The Hall–Kier alpha value is -0.450. The minimum absolute atomic E-state index is 0.664. The lowest BCUT2D eigenvalue weighted by atomic mass is 10.0. The van der Waals surface area contributed by atoms with Crippen molar-refractivity contribution in [3.05, 3.63) is 16.1 Å². The SMILES string of the molecule is CCCC1CN(Cc2csc(C)n2)C(CC)CN1. The fraction of sp³-hybridized carbons (Fsp3) is 0.786. The van der Waals surface area contributed by atoms with Crippen molar-refractivity contribution in [3.8, 4) is 0 Å². The van der Waals surface area contributed by atoms with Crippen LogP contribution in [-0.4, -0.2) is 35.1 Å². The monoisotopic (exact) mass is 267 g/mol. The molecule has 0 bridgehead atoms. The number of nitrogens with zero attached hydrogens (tertiary/aromatic N) is 2. The van der Waals surface area contributed by atoms with E-state index < -0.39 is 0 Å². The van der Waals surface area contributed by atoms with E-state index in [1.165, 1.54) is 36.5 Å². The average Bonchev–Trinajstić information content (AvgIpc) is 2.76. The molecule has 0 amide bonds. The van der Waals surface area contributed by atoms with Crippen molar-refractivity contribution >= 4 is 11.3 Å². The Kier molecular flexibility index (Phi) is 5.15. The first kappa shape index (κ1) is 14.0. The van der Waals surface area contributed by atoms with Crippen molar-refractivity contribution in [3.63, 3.8) is 0 Å². The van der Waals surface area contributed by atoms with Gasteiger partial charge in [0.1, 0.15) is 0 Å². The Bertz CT molecular complexity index is 364. The van der Waals surface area contributed by atoms with Gasteiger partial charge in [-0.05, 0) is 19.8 Å². The van der Waals surface area contributed by atoms with E-state index in [0.29, 0.717) is 12.1 Å². The molecule has 1 aromatic heterocycles. The summed E-state index contributed by atoms with van der Waals surface area (Å²) in [6.45, 7) is 9.95. The number of aryl methyl sites for hydroxylation is 1. The Morgan fingerprint density at radius 3 is 2.94 bits per heavy atom. The molecule has 1 fully saturated rings. The molecule has 0 saturated carbocycles. The standard InChI is InChI=1S/C14H25N3S/c1-4-6-12-8-17(14(5-2)7-15-12)9-13-10-18-11(3)16-13/h10,12,14-15H,4-9H2,1-3H3. The molecule has 2 rings (SSSR count). The minimum atomic E-state index is 0.664. The fourth-order valence-electron chi connectivity index (χ4n) is 2.76. The number of rotatable bonds is 5. The molecule has 1 saturated heterocycles. The predicted octanol–water partition coefficient (Wildman–Crippen LogP) is 2.80. The van der Waals surface area contributed by atoms with Gasteiger partial charge in [0.2, 0.25) is 0 Å². The fourth-order valence-corrected chi connectivity index (χ4v) is 3.36. The summed E-state index contributed by atoms with van der Waals surface area (Å²) in [5.41, 5.74) is 1.24. The highest BCUT2D eigenvalue weighted by Crippen LogP contribution is 2.17. The van der Waals surface area contributed by atoms with Crippen LogP contribution >= 0.6 is 11.3 Å². The van der Waals surface area contributed by atoms with Gasteiger partial charge in [0.15, 0.2) is 0 Å². The van der Waals surface area contributed by atoms with E-state index in [4.69, 9.17) is 0 Å². The smallest absolute Gasteiger partial charge is 0.0897 e. The van der Waals surface area contributed by atoms with Crippen molar-refractivity contribution in [1.82, 2.24) is 15.2 Å². The lowest BCUT2D eigenvalue weighted by molar-refractivity contribution is 0.114. The van der Waals surface area contributed by atoms with Crippen molar-refractivity contribution in [1.29, 1.82) is 0 Å². The second kappa shape index (κ2) is 6.64. The highest BCUT2D eigenvalue weighted by molar-refractivity contribution is 7.09. The van der Waals surface area contributed by atoms with Crippen LogP contribution in [0.2, 0.25) is 0 Å². The van der Waals surface area contributed by atoms with Crippen molar-refractivity contribution in [2.75, 3.05) is 13.1 Å². The van der Waals surface area contributed by atoms with Crippen molar-refractivity contribution < 1.29 is 0 Å². The summed E-state index contributed by atoms with van der Waals surface area (Å²) < 4.78 is 0. The van der Waals surface area contributed by atoms with Crippen LogP contribution in [0.4, 0.5) is 0 Å². The summed E-state index contributed by atoms with van der Waals surface area (Å²) in [5, 5.41) is 7.07. The lowest BCUT2D eigenvalue weighted by Gasteiger charge is -2.39. The minimum Gasteiger partial charge on any atom is -0.311 e. The van der Waals surface area contributed by atoms with Gasteiger partial charge >= 0.3 is 0 Å². The molecule has 2 unspecified atom stereocenters. The van der Waals surface area contributed by atoms with Crippen LogP contribution < -0.4 is 5.32 Å². The van der Waals surface area contributed by atoms with E-state index in [0.717, 1.165) is 13.1 Å².